The molecule has 1 N–H and O–H groups in total. The first kappa shape index (κ1) is 12.8. The summed E-state index contributed by atoms with van der Waals surface area (Å²) in [4.78, 5) is 4.01. The molecular formula is C13H11BrFN3. The summed E-state index contributed by atoms with van der Waals surface area (Å²) < 4.78 is 14.4. The number of hydrogen-bond acceptors (Lipinski definition) is 3. The molecule has 0 radical (unpaired) electrons. The predicted molar refractivity (Wildman–Crippen MR) is 72.9 cm³/mol. The fraction of sp³-hybridized carbons (Fsp3) is 0.231. The second-order valence-electron chi connectivity index (χ2n) is 3.84. The minimum absolute atomic E-state index is 0.266. The first-order valence-electron chi connectivity index (χ1n) is 5.59. The fourth-order valence-electron chi connectivity index (χ4n) is 1.75. The van der Waals surface area contributed by atoms with Crippen LogP contribution in [0.1, 0.15) is 18.9 Å². The highest BCUT2D eigenvalue weighted by Gasteiger charge is 2.14. The molecule has 1 aromatic carbocycles. The van der Waals surface area contributed by atoms with E-state index < -0.39 is 5.82 Å². The van der Waals surface area contributed by atoms with Gasteiger partial charge in [-0.2, -0.15) is 5.26 Å². The van der Waals surface area contributed by atoms with Gasteiger partial charge in [0.1, 0.15) is 17.4 Å². The lowest BCUT2D eigenvalue weighted by Crippen LogP contribution is -2.04. The third kappa shape index (κ3) is 2.16. The van der Waals surface area contributed by atoms with Crippen LogP contribution in [-0.2, 0) is 0 Å². The van der Waals surface area contributed by atoms with E-state index in [0.29, 0.717) is 16.6 Å². The first-order chi connectivity index (χ1) is 8.69. The van der Waals surface area contributed by atoms with E-state index in [1.54, 1.807) is 6.07 Å². The van der Waals surface area contributed by atoms with Gasteiger partial charge < -0.3 is 5.32 Å². The third-order valence-corrected chi connectivity index (χ3v) is 3.25. The van der Waals surface area contributed by atoms with Crippen LogP contribution in [0.2, 0.25) is 0 Å². The zero-order valence-electron chi connectivity index (χ0n) is 9.80. The Morgan fingerprint density at radius 2 is 2.28 bits per heavy atom. The van der Waals surface area contributed by atoms with Gasteiger partial charge in [0.05, 0.1) is 11.3 Å². The minimum atomic E-state index is -0.391. The Hall–Kier alpha value is -1.67. The molecule has 1 heterocycles. The van der Waals surface area contributed by atoms with Crippen LogP contribution in [0.3, 0.4) is 0 Å². The van der Waals surface area contributed by atoms with Crippen molar-refractivity contribution < 1.29 is 4.39 Å². The number of nitrogens with one attached hydrogen (secondary N) is 1. The maximum atomic E-state index is 13.7. The standard InChI is InChI=1S/C13H11BrFN3/c1-2-5-17-12-8(6-16)7-18-13-10(15)4-3-9(14)11(12)13/h3-4,7H,2,5H2,1H3,(H,17,18). The van der Waals surface area contributed by atoms with E-state index in [1.165, 1.54) is 12.3 Å². The molecule has 0 saturated heterocycles. The van der Waals surface area contributed by atoms with E-state index in [-0.39, 0.29) is 5.52 Å². The Labute approximate surface area is 113 Å². The summed E-state index contributed by atoms with van der Waals surface area (Å²) in [7, 11) is 0. The van der Waals surface area contributed by atoms with Crippen molar-refractivity contribution in [3.63, 3.8) is 0 Å². The normalized spacial score (nSPS) is 10.3. The van der Waals surface area contributed by atoms with E-state index in [4.69, 9.17) is 5.26 Å². The van der Waals surface area contributed by atoms with Crippen LogP contribution >= 0.6 is 15.9 Å². The molecule has 0 aliphatic heterocycles. The maximum absolute atomic E-state index is 13.7. The summed E-state index contributed by atoms with van der Waals surface area (Å²) >= 11 is 3.38. The molecule has 0 saturated carbocycles. The van der Waals surface area contributed by atoms with Crippen molar-refractivity contribution in [3.05, 3.63) is 34.2 Å². The van der Waals surface area contributed by atoms with Crippen LogP contribution in [0, 0.1) is 17.1 Å². The summed E-state index contributed by atoms with van der Waals surface area (Å²) in [6.45, 7) is 2.74. The van der Waals surface area contributed by atoms with Gasteiger partial charge in [0, 0.05) is 22.6 Å². The zero-order valence-corrected chi connectivity index (χ0v) is 11.4. The molecule has 5 heteroatoms. The van der Waals surface area contributed by atoms with Crippen LogP contribution in [0.15, 0.2) is 22.8 Å². The highest BCUT2D eigenvalue weighted by Crippen LogP contribution is 2.33. The van der Waals surface area contributed by atoms with Crippen molar-refractivity contribution in [2.75, 3.05) is 11.9 Å². The molecule has 0 atom stereocenters. The van der Waals surface area contributed by atoms with Gasteiger partial charge in [-0.15, -0.1) is 0 Å². The minimum Gasteiger partial charge on any atom is -0.383 e. The third-order valence-electron chi connectivity index (χ3n) is 2.59. The molecule has 0 unspecified atom stereocenters. The number of aromatic nitrogens is 1. The summed E-state index contributed by atoms with van der Waals surface area (Å²) in [5.74, 6) is -0.391. The van der Waals surface area contributed by atoms with Gasteiger partial charge in [0.25, 0.3) is 0 Å². The van der Waals surface area contributed by atoms with Crippen molar-refractivity contribution in [2.45, 2.75) is 13.3 Å². The summed E-state index contributed by atoms with van der Waals surface area (Å²) in [5.41, 5.74) is 1.32. The number of rotatable bonds is 3. The Balaban J connectivity index is 2.76. The lowest BCUT2D eigenvalue weighted by molar-refractivity contribution is 0.636. The number of benzene rings is 1. The van der Waals surface area contributed by atoms with Gasteiger partial charge in [-0.3, -0.25) is 4.98 Å². The molecule has 0 aliphatic rings. The van der Waals surface area contributed by atoms with Crippen molar-refractivity contribution in [3.8, 4) is 6.07 Å². The first-order valence-corrected chi connectivity index (χ1v) is 6.39. The van der Waals surface area contributed by atoms with E-state index >= 15 is 0 Å². The monoisotopic (exact) mass is 307 g/mol. The van der Waals surface area contributed by atoms with Crippen LogP contribution in [-0.4, -0.2) is 11.5 Å². The molecule has 2 aromatic rings. The molecule has 0 fully saturated rings. The number of pyridine rings is 1. The number of nitriles is 1. The molecule has 92 valence electrons. The SMILES string of the molecule is CCCNc1c(C#N)cnc2c(F)ccc(Br)c12. The van der Waals surface area contributed by atoms with Gasteiger partial charge in [-0.05, 0) is 18.6 Å². The van der Waals surface area contributed by atoms with Crippen molar-refractivity contribution >= 4 is 32.5 Å². The van der Waals surface area contributed by atoms with E-state index in [2.05, 4.69) is 32.3 Å². The predicted octanol–water partition coefficient (Wildman–Crippen LogP) is 3.83. The second kappa shape index (κ2) is 5.32. The number of fused-ring (bicyclic) bond motifs is 1. The molecule has 1 aromatic heterocycles. The summed E-state index contributed by atoms with van der Waals surface area (Å²) in [6.07, 6.45) is 2.32. The zero-order chi connectivity index (χ0) is 13.1. The fourth-order valence-corrected chi connectivity index (χ4v) is 2.27. The average molecular weight is 308 g/mol. The summed E-state index contributed by atoms with van der Waals surface area (Å²) in [6, 6.07) is 5.05. The van der Waals surface area contributed by atoms with Gasteiger partial charge in [-0.25, -0.2) is 4.39 Å². The molecule has 0 spiro atoms. The average Bonchev–Trinajstić information content (AvgIpc) is 2.39. The number of anilines is 1. The lowest BCUT2D eigenvalue weighted by Gasteiger charge is -2.12. The molecular weight excluding hydrogens is 297 g/mol. The molecule has 0 aliphatic carbocycles. The molecule has 18 heavy (non-hydrogen) atoms. The Morgan fingerprint density at radius 1 is 1.50 bits per heavy atom. The molecule has 2 rings (SSSR count). The van der Waals surface area contributed by atoms with E-state index in [1.807, 2.05) is 6.92 Å². The van der Waals surface area contributed by atoms with Crippen molar-refractivity contribution in [2.24, 2.45) is 0 Å². The number of nitrogens with zero attached hydrogens (tertiary/aromatic N) is 2. The Bertz CT molecular complexity index is 634. The van der Waals surface area contributed by atoms with E-state index in [0.717, 1.165) is 17.4 Å². The quantitative estimate of drug-likeness (QED) is 0.937. The Kier molecular flexibility index (Phi) is 3.78. The highest BCUT2D eigenvalue weighted by molar-refractivity contribution is 9.10. The molecule has 0 bridgehead atoms. The lowest BCUT2D eigenvalue weighted by atomic mass is 10.1. The van der Waals surface area contributed by atoms with Crippen molar-refractivity contribution in [1.29, 1.82) is 5.26 Å². The van der Waals surface area contributed by atoms with Gasteiger partial charge in [0.2, 0.25) is 0 Å². The van der Waals surface area contributed by atoms with Crippen LogP contribution in [0.5, 0.6) is 0 Å². The van der Waals surface area contributed by atoms with Gasteiger partial charge >= 0.3 is 0 Å². The Morgan fingerprint density at radius 3 is 2.94 bits per heavy atom. The van der Waals surface area contributed by atoms with Crippen LogP contribution in [0.25, 0.3) is 10.9 Å². The molecule has 3 nitrogen and oxygen atoms in total. The van der Waals surface area contributed by atoms with Crippen LogP contribution in [0.4, 0.5) is 10.1 Å². The highest BCUT2D eigenvalue weighted by atomic mass is 79.9. The maximum Gasteiger partial charge on any atom is 0.149 e. The van der Waals surface area contributed by atoms with Crippen molar-refractivity contribution in [1.82, 2.24) is 4.98 Å². The number of halogens is 2. The summed E-state index contributed by atoms with van der Waals surface area (Å²) in [5, 5.41) is 12.9. The molecule has 0 amide bonds. The largest absolute Gasteiger partial charge is 0.383 e. The van der Waals surface area contributed by atoms with E-state index in [9.17, 15) is 4.39 Å². The second-order valence-corrected chi connectivity index (χ2v) is 4.69. The topological polar surface area (TPSA) is 48.7 Å². The number of hydrogen-bond donors (Lipinski definition) is 1. The van der Waals surface area contributed by atoms with Gasteiger partial charge in [-0.1, -0.05) is 22.9 Å². The van der Waals surface area contributed by atoms with Gasteiger partial charge in [0.15, 0.2) is 0 Å². The smallest absolute Gasteiger partial charge is 0.149 e. The van der Waals surface area contributed by atoms with Crippen LogP contribution < -0.4 is 5.32 Å².